The van der Waals surface area contributed by atoms with Gasteiger partial charge >= 0.3 is 5.97 Å². The van der Waals surface area contributed by atoms with E-state index in [0.717, 1.165) is 22.2 Å². The third-order valence-corrected chi connectivity index (χ3v) is 5.21. The maximum absolute atomic E-state index is 14.2. The fourth-order valence-corrected chi connectivity index (χ4v) is 3.76. The molecule has 0 spiro atoms. The smallest absolute Gasteiger partial charge is 0.335 e. The fourth-order valence-electron chi connectivity index (χ4n) is 3.76. The Morgan fingerprint density at radius 3 is 2.66 bits per heavy atom. The first-order chi connectivity index (χ1) is 15.3. The van der Waals surface area contributed by atoms with Crippen molar-refractivity contribution < 1.29 is 14.3 Å². The number of aromatic amines is 1. The summed E-state index contributed by atoms with van der Waals surface area (Å²) in [6.45, 7) is 6.29. The number of H-pyrrole nitrogens is 1. The number of pyridine rings is 1. The Bertz CT molecular complexity index is 1320. The number of nitrogens with zero attached hydrogens (tertiary/aromatic N) is 3. The van der Waals surface area contributed by atoms with E-state index in [0.29, 0.717) is 41.8 Å². The van der Waals surface area contributed by atoms with Crippen LogP contribution in [-0.4, -0.2) is 37.6 Å². The third-order valence-electron chi connectivity index (χ3n) is 5.21. The van der Waals surface area contributed by atoms with Crippen molar-refractivity contribution in [3.8, 4) is 0 Å². The number of anilines is 3. The Balaban J connectivity index is 1.49. The number of halogens is 1. The second-order valence-corrected chi connectivity index (χ2v) is 7.57. The lowest BCUT2D eigenvalue weighted by Gasteiger charge is -2.11. The molecule has 1 aromatic carbocycles. The van der Waals surface area contributed by atoms with Gasteiger partial charge in [-0.05, 0) is 56.5 Å². The van der Waals surface area contributed by atoms with Crippen LogP contribution in [0.5, 0.6) is 0 Å². The predicted molar refractivity (Wildman–Crippen MR) is 121 cm³/mol. The van der Waals surface area contributed by atoms with Crippen molar-refractivity contribution in [3.05, 3.63) is 70.6 Å². The molecule has 0 bridgehead atoms. The fraction of sp³-hybridized carbons (Fsp3) is 0.217. The molecular formula is C23H23FN6O2. The highest BCUT2D eigenvalue weighted by molar-refractivity contribution is 5.89. The van der Waals surface area contributed by atoms with E-state index >= 15 is 0 Å². The topological polar surface area (TPSA) is 116 Å². The molecule has 3 heterocycles. The van der Waals surface area contributed by atoms with Crippen LogP contribution in [0.25, 0.3) is 10.9 Å². The molecule has 8 nitrogen and oxygen atoms in total. The summed E-state index contributed by atoms with van der Waals surface area (Å²) in [7, 11) is 0. The number of nitrogens with one attached hydrogen (secondary N) is 3. The molecule has 0 fully saturated rings. The van der Waals surface area contributed by atoms with Gasteiger partial charge in [-0.1, -0.05) is 6.07 Å². The van der Waals surface area contributed by atoms with Crippen LogP contribution in [0.3, 0.4) is 0 Å². The summed E-state index contributed by atoms with van der Waals surface area (Å²) in [6, 6.07) is 7.87. The summed E-state index contributed by atoms with van der Waals surface area (Å²) >= 11 is 0. The third kappa shape index (κ3) is 4.36. The van der Waals surface area contributed by atoms with Gasteiger partial charge in [-0.3, -0.25) is 0 Å². The Morgan fingerprint density at radius 1 is 1.09 bits per heavy atom. The Kier molecular flexibility index (Phi) is 5.72. The number of hydrogen-bond acceptors (Lipinski definition) is 6. The first-order valence-electron chi connectivity index (χ1n) is 10.1. The van der Waals surface area contributed by atoms with Gasteiger partial charge in [0, 0.05) is 29.9 Å². The summed E-state index contributed by atoms with van der Waals surface area (Å²) in [5.41, 5.74) is 3.72. The maximum atomic E-state index is 14.2. The molecule has 0 atom stereocenters. The van der Waals surface area contributed by atoms with Crippen LogP contribution < -0.4 is 10.6 Å². The molecule has 0 saturated carbocycles. The maximum Gasteiger partial charge on any atom is 0.335 e. The molecule has 0 aliphatic rings. The van der Waals surface area contributed by atoms with Crippen LogP contribution in [0.15, 0.2) is 36.5 Å². The normalized spacial score (nSPS) is 11.0. The zero-order valence-electron chi connectivity index (χ0n) is 18.0. The van der Waals surface area contributed by atoms with E-state index in [2.05, 4.69) is 30.6 Å². The van der Waals surface area contributed by atoms with Gasteiger partial charge in [0.15, 0.2) is 0 Å². The highest BCUT2D eigenvalue weighted by Gasteiger charge is 2.14. The summed E-state index contributed by atoms with van der Waals surface area (Å²) in [5.74, 6) is 0.759. The average Bonchev–Trinajstić information content (AvgIpc) is 3.08. The minimum Gasteiger partial charge on any atom is -0.478 e. The first kappa shape index (κ1) is 21.2. The van der Waals surface area contributed by atoms with E-state index in [1.165, 1.54) is 24.4 Å². The molecule has 0 saturated heterocycles. The van der Waals surface area contributed by atoms with E-state index < -0.39 is 5.97 Å². The van der Waals surface area contributed by atoms with E-state index in [-0.39, 0.29) is 11.4 Å². The van der Waals surface area contributed by atoms with Gasteiger partial charge in [0.1, 0.15) is 29.1 Å². The monoisotopic (exact) mass is 434 g/mol. The van der Waals surface area contributed by atoms with Crippen LogP contribution in [0, 0.1) is 26.6 Å². The number of benzene rings is 1. The molecule has 3 aromatic heterocycles. The van der Waals surface area contributed by atoms with Gasteiger partial charge in [0.05, 0.1) is 11.1 Å². The van der Waals surface area contributed by atoms with E-state index in [9.17, 15) is 9.18 Å². The second-order valence-electron chi connectivity index (χ2n) is 7.57. The number of carboxylic acids is 1. The van der Waals surface area contributed by atoms with Crippen molar-refractivity contribution in [1.29, 1.82) is 0 Å². The summed E-state index contributed by atoms with van der Waals surface area (Å²) in [4.78, 5) is 27.2. The Morgan fingerprint density at radius 2 is 1.88 bits per heavy atom. The Labute approximate surface area is 184 Å². The molecule has 0 unspecified atom stereocenters. The molecule has 4 aromatic rings. The standard InChI is InChI=1S/C23H23FN6O2/c1-12-4-5-17(24)22-21(12)16(13(2)27-22)7-9-26-19-11-20(29-14(3)28-19)30-18-10-15(23(31)32)6-8-25-18/h4-6,8,10-11,27H,7,9H2,1-3H3,(H,31,32)(H2,25,26,28,29,30). The largest absolute Gasteiger partial charge is 0.478 e. The van der Waals surface area contributed by atoms with Gasteiger partial charge in [-0.25, -0.2) is 24.1 Å². The quantitative estimate of drug-likeness (QED) is 0.338. The van der Waals surface area contributed by atoms with E-state index in [1.807, 2.05) is 13.8 Å². The SMILES string of the molecule is Cc1nc(NCCc2c(C)[nH]c3c(F)ccc(C)c23)cc(Nc2cc(C(=O)O)ccn2)n1. The molecule has 0 amide bonds. The van der Waals surface area contributed by atoms with Crippen LogP contribution in [0.1, 0.15) is 33.0 Å². The number of hydrogen-bond donors (Lipinski definition) is 4. The minimum atomic E-state index is -1.03. The number of carboxylic acid groups (broad SMARTS) is 1. The number of fused-ring (bicyclic) bond motifs is 1. The highest BCUT2D eigenvalue weighted by Crippen LogP contribution is 2.28. The minimum absolute atomic E-state index is 0.132. The lowest BCUT2D eigenvalue weighted by molar-refractivity contribution is 0.0697. The predicted octanol–water partition coefficient (Wildman–Crippen LogP) is 4.51. The molecule has 4 N–H and O–H groups in total. The average molecular weight is 434 g/mol. The van der Waals surface area contributed by atoms with Crippen molar-refractivity contribution in [2.45, 2.75) is 27.2 Å². The second kappa shape index (κ2) is 8.62. The van der Waals surface area contributed by atoms with Crippen LogP contribution >= 0.6 is 0 Å². The molecule has 0 aliphatic carbocycles. The number of aromatic carboxylic acids is 1. The highest BCUT2D eigenvalue weighted by atomic mass is 19.1. The molecule has 32 heavy (non-hydrogen) atoms. The lowest BCUT2D eigenvalue weighted by Crippen LogP contribution is -2.09. The van der Waals surface area contributed by atoms with Crippen LogP contribution in [0.2, 0.25) is 0 Å². The van der Waals surface area contributed by atoms with Gasteiger partial charge < -0.3 is 20.7 Å². The number of rotatable bonds is 7. The Hall–Kier alpha value is -4.01. The molecule has 4 rings (SSSR count). The van der Waals surface area contributed by atoms with Crippen molar-refractivity contribution in [1.82, 2.24) is 19.9 Å². The van der Waals surface area contributed by atoms with E-state index in [1.54, 1.807) is 19.1 Å². The summed E-state index contributed by atoms with van der Waals surface area (Å²) in [6.07, 6.45) is 2.11. The van der Waals surface area contributed by atoms with Crippen molar-refractivity contribution >= 4 is 34.3 Å². The van der Waals surface area contributed by atoms with Crippen molar-refractivity contribution in [2.75, 3.05) is 17.2 Å². The van der Waals surface area contributed by atoms with Gasteiger partial charge in [0.25, 0.3) is 0 Å². The van der Waals surface area contributed by atoms with E-state index in [4.69, 9.17) is 5.11 Å². The molecule has 0 radical (unpaired) electrons. The van der Waals surface area contributed by atoms with Crippen molar-refractivity contribution in [3.63, 3.8) is 0 Å². The summed E-state index contributed by atoms with van der Waals surface area (Å²) < 4.78 is 14.2. The van der Waals surface area contributed by atoms with Gasteiger partial charge in [-0.15, -0.1) is 0 Å². The van der Waals surface area contributed by atoms with Crippen LogP contribution in [0.4, 0.5) is 21.8 Å². The lowest BCUT2D eigenvalue weighted by atomic mass is 10.0. The first-order valence-corrected chi connectivity index (χ1v) is 10.1. The summed E-state index contributed by atoms with van der Waals surface area (Å²) in [5, 5.41) is 16.4. The number of aromatic nitrogens is 4. The van der Waals surface area contributed by atoms with Crippen LogP contribution in [-0.2, 0) is 6.42 Å². The molecular weight excluding hydrogens is 411 g/mol. The zero-order valence-corrected chi connectivity index (χ0v) is 18.0. The van der Waals surface area contributed by atoms with Gasteiger partial charge in [0.2, 0.25) is 0 Å². The molecule has 164 valence electrons. The van der Waals surface area contributed by atoms with Gasteiger partial charge in [-0.2, -0.15) is 0 Å². The molecule has 0 aliphatic heterocycles. The number of carbonyl (C=O) groups is 1. The van der Waals surface area contributed by atoms with Crippen molar-refractivity contribution in [2.24, 2.45) is 0 Å². The zero-order chi connectivity index (χ0) is 22.8. The number of aryl methyl sites for hydroxylation is 3. The molecule has 9 heteroatoms.